The molecule has 0 radical (unpaired) electrons. The van der Waals surface area contributed by atoms with Crippen LogP contribution in [0.2, 0.25) is 0 Å². The van der Waals surface area contributed by atoms with Gasteiger partial charge in [-0.2, -0.15) is 0 Å². The quantitative estimate of drug-likeness (QED) is 0.431. The van der Waals surface area contributed by atoms with Gasteiger partial charge in [0.2, 0.25) is 0 Å². The van der Waals surface area contributed by atoms with Gasteiger partial charge in [0.25, 0.3) is 5.69 Å². The van der Waals surface area contributed by atoms with Gasteiger partial charge in [0, 0.05) is 30.3 Å². The first kappa shape index (κ1) is 14.8. The van der Waals surface area contributed by atoms with Crippen molar-refractivity contribution < 1.29 is 15.1 Å². The maximum absolute atomic E-state index is 10.5. The topological polar surface area (TPSA) is 95.6 Å². The fraction of sp³-hybridized carbons (Fsp3) is 0.200. The normalized spacial score (nSPS) is 10.5. The number of nitrogens with zero attached hydrogens (tertiary/aromatic N) is 1. The molecule has 0 aliphatic carbocycles. The van der Waals surface area contributed by atoms with Crippen LogP contribution in [0.25, 0.3) is 0 Å². The van der Waals surface area contributed by atoms with E-state index in [9.17, 15) is 20.3 Å². The van der Waals surface area contributed by atoms with Gasteiger partial charge in [0.1, 0.15) is 11.5 Å². The van der Waals surface area contributed by atoms with Crippen molar-refractivity contribution in [3.05, 3.63) is 63.7 Å². The van der Waals surface area contributed by atoms with Crippen molar-refractivity contribution in [2.75, 3.05) is 6.54 Å². The van der Waals surface area contributed by atoms with E-state index in [0.29, 0.717) is 18.7 Å². The van der Waals surface area contributed by atoms with E-state index >= 15 is 0 Å². The molecule has 0 saturated heterocycles. The summed E-state index contributed by atoms with van der Waals surface area (Å²) in [7, 11) is 0. The van der Waals surface area contributed by atoms with E-state index in [0.717, 1.165) is 12.0 Å². The first-order valence-corrected chi connectivity index (χ1v) is 6.51. The zero-order chi connectivity index (χ0) is 15.2. The molecule has 3 N–H and O–H groups in total. The second kappa shape index (κ2) is 6.71. The van der Waals surface area contributed by atoms with Crippen molar-refractivity contribution in [3.63, 3.8) is 0 Å². The smallest absolute Gasteiger partial charge is 0.269 e. The van der Waals surface area contributed by atoms with Gasteiger partial charge in [-0.1, -0.05) is 18.2 Å². The molecule has 0 aromatic heterocycles. The number of phenolic OH excluding ortho intramolecular Hbond substituents is 2. The minimum atomic E-state index is -0.421. The molecule has 2 aromatic rings. The van der Waals surface area contributed by atoms with Crippen LogP contribution in [0.3, 0.4) is 0 Å². The summed E-state index contributed by atoms with van der Waals surface area (Å²) in [6, 6.07) is 10.9. The van der Waals surface area contributed by atoms with Crippen LogP contribution in [-0.4, -0.2) is 21.7 Å². The summed E-state index contributed by atoms with van der Waals surface area (Å²) in [5.74, 6) is 0.0833. The molecule has 0 fully saturated rings. The number of hydrogen-bond acceptors (Lipinski definition) is 5. The van der Waals surface area contributed by atoms with Gasteiger partial charge in [0.15, 0.2) is 0 Å². The Bertz CT molecular complexity index is 626. The first-order valence-electron chi connectivity index (χ1n) is 6.51. The molecule has 2 rings (SSSR count). The molecule has 0 saturated carbocycles. The van der Waals surface area contributed by atoms with Crippen molar-refractivity contribution in [2.45, 2.75) is 13.0 Å². The average molecular weight is 288 g/mol. The Hall–Kier alpha value is -2.60. The third-order valence-corrected chi connectivity index (χ3v) is 3.12. The zero-order valence-electron chi connectivity index (χ0n) is 11.3. The highest BCUT2D eigenvalue weighted by atomic mass is 16.6. The summed E-state index contributed by atoms with van der Waals surface area (Å²) in [5, 5.41) is 32.5. The summed E-state index contributed by atoms with van der Waals surface area (Å²) in [6.07, 6.45) is 0.733. The van der Waals surface area contributed by atoms with Gasteiger partial charge in [0.05, 0.1) is 4.92 Å². The van der Waals surface area contributed by atoms with E-state index < -0.39 is 4.92 Å². The molecule has 21 heavy (non-hydrogen) atoms. The monoisotopic (exact) mass is 288 g/mol. The summed E-state index contributed by atoms with van der Waals surface area (Å²) >= 11 is 0. The summed E-state index contributed by atoms with van der Waals surface area (Å²) in [5.41, 5.74) is 1.79. The molecule has 0 heterocycles. The Labute approximate surface area is 121 Å². The van der Waals surface area contributed by atoms with Crippen LogP contribution in [0.15, 0.2) is 42.5 Å². The Morgan fingerprint density at radius 2 is 1.81 bits per heavy atom. The van der Waals surface area contributed by atoms with Crippen molar-refractivity contribution >= 4 is 5.69 Å². The lowest BCUT2D eigenvalue weighted by Gasteiger charge is -2.07. The van der Waals surface area contributed by atoms with Gasteiger partial charge in [-0.15, -0.1) is 0 Å². The van der Waals surface area contributed by atoms with E-state index in [4.69, 9.17) is 0 Å². The van der Waals surface area contributed by atoms with E-state index in [1.54, 1.807) is 18.2 Å². The number of hydrogen-bond donors (Lipinski definition) is 3. The molecule has 6 heteroatoms. The second-order valence-corrected chi connectivity index (χ2v) is 4.66. The predicted octanol–water partition coefficient (Wildman–Crippen LogP) is 2.34. The standard InChI is InChI=1S/C15H16N2O4/c18-14-6-3-12(15(19)9-14)10-16-8-7-11-1-4-13(5-2-11)17(20)21/h1-6,9,16,18-19H,7-8,10H2. The number of nitrogens with one attached hydrogen (secondary N) is 1. The predicted molar refractivity (Wildman–Crippen MR) is 78.3 cm³/mol. The molecule has 0 spiro atoms. The van der Waals surface area contributed by atoms with Crippen molar-refractivity contribution in [3.8, 4) is 11.5 Å². The number of non-ortho nitro benzene ring substituents is 1. The average Bonchev–Trinajstić information content (AvgIpc) is 2.46. The molecule has 0 unspecified atom stereocenters. The largest absolute Gasteiger partial charge is 0.508 e. The third-order valence-electron chi connectivity index (χ3n) is 3.12. The molecular formula is C15H16N2O4. The molecule has 0 bridgehead atoms. The van der Waals surface area contributed by atoms with Gasteiger partial charge < -0.3 is 15.5 Å². The molecule has 0 aliphatic rings. The number of benzene rings is 2. The maximum atomic E-state index is 10.5. The lowest BCUT2D eigenvalue weighted by Crippen LogP contribution is -2.16. The van der Waals surface area contributed by atoms with Gasteiger partial charge in [-0.05, 0) is 24.6 Å². The summed E-state index contributed by atoms with van der Waals surface area (Å²) in [4.78, 5) is 10.1. The van der Waals surface area contributed by atoms with E-state index in [1.165, 1.54) is 24.3 Å². The maximum Gasteiger partial charge on any atom is 0.269 e. The van der Waals surface area contributed by atoms with Crippen LogP contribution in [0, 0.1) is 10.1 Å². The molecule has 6 nitrogen and oxygen atoms in total. The van der Waals surface area contributed by atoms with Gasteiger partial charge in [-0.25, -0.2) is 0 Å². The third kappa shape index (κ3) is 4.19. The lowest BCUT2D eigenvalue weighted by atomic mass is 10.1. The highest BCUT2D eigenvalue weighted by Crippen LogP contribution is 2.22. The molecule has 2 aromatic carbocycles. The number of nitro groups is 1. The van der Waals surface area contributed by atoms with Crippen LogP contribution in [0.5, 0.6) is 11.5 Å². The first-order chi connectivity index (χ1) is 10.1. The fourth-order valence-electron chi connectivity index (χ4n) is 1.94. The van der Waals surface area contributed by atoms with Crippen LogP contribution in [-0.2, 0) is 13.0 Å². The number of phenols is 2. The Morgan fingerprint density at radius 1 is 1.10 bits per heavy atom. The molecule has 0 aliphatic heterocycles. The van der Waals surface area contributed by atoms with Crippen molar-refractivity contribution in [1.29, 1.82) is 0 Å². The van der Waals surface area contributed by atoms with Crippen LogP contribution in [0.4, 0.5) is 5.69 Å². The summed E-state index contributed by atoms with van der Waals surface area (Å²) in [6.45, 7) is 1.16. The van der Waals surface area contributed by atoms with Gasteiger partial charge in [-0.3, -0.25) is 10.1 Å². The van der Waals surface area contributed by atoms with Crippen molar-refractivity contribution in [2.24, 2.45) is 0 Å². The van der Waals surface area contributed by atoms with Crippen molar-refractivity contribution in [1.82, 2.24) is 5.32 Å². The van der Waals surface area contributed by atoms with E-state index in [1.807, 2.05) is 0 Å². The number of aromatic hydroxyl groups is 2. The Balaban J connectivity index is 1.80. The minimum absolute atomic E-state index is 0.0297. The Kier molecular flexibility index (Phi) is 4.73. The molecule has 0 amide bonds. The zero-order valence-corrected chi connectivity index (χ0v) is 11.3. The molecular weight excluding hydrogens is 272 g/mol. The number of rotatable bonds is 6. The molecule has 0 atom stereocenters. The minimum Gasteiger partial charge on any atom is -0.508 e. The molecule has 110 valence electrons. The van der Waals surface area contributed by atoms with E-state index in [-0.39, 0.29) is 17.2 Å². The van der Waals surface area contributed by atoms with E-state index in [2.05, 4.69) is 5.32 Å². The van der Waals surface area contributed by atoms with Gasteiger partial charge >= 0.3 is 0 Å². The SMILES string of the molecule is O=[N+]([O-])c1ccc(CCNCc2ccc(O)cc2O)cc1. The van der Waals surface area contributed by atoms with Crippen LogP contribution < -0.4 is 5.32 Å². The fourth-order valence-corrected chi connectivity index (χ4v) is 1.94. The van der Waals surface area contributed by atoms with Crippen LogP contribution in [0.1, 0.15) is 11.1 Å². The second-order valence-electron chi connectivity index (χ2n) is 4.66. The Morgan fingerprint density at radius 3 is 2.43 bits per heavy atom. The lowest BCUT2D eigenvalue weighted by molar-refractivity contribution is -0.384. The highest BCUT2D eigenvalue weighted by Gasteiger charge is 2.04. The van der Waals surface area contributed by atoms with Crippen LogP contribution >= 0.6 is 0 Å². The highest BCUT2D eigenvalue weighted by molar-refractivity contribution is 5.38. The summed E-state index contributed by atoms with van der Waals surface area (Å²) < 4.78 is 0. The number of nitro benzene ring substituents is 1.